The summed E-state index contributed by atoms with van der Waals surface area (Å²) in [6.07, 6.45) is 7.96. The van der Waals surface area contributed by atoms with Crippen LogP contribution in [0.3, 0.4) is 0 Å². The lowest BCUT2D eigenvalue weighted by atomic mass is 9.69. The highest BCUT2D eigenvalue weighted by atomic mass is 16.3. The Hall–Kier alpha value is -0.630. The van der Waals surface area contributed by atoms with Gasteiger partial charge < -0.3 is 5.11 Å². The molecule has 1 saturated carbocycles. The summed E-state index contributed by atoms with van der Waals surface area (Å²) in [6.45, 7) is 0. The van der Waals surface area contributed by atoms with Gasteiger partial charge >= 0.3 is 0 Å². The van der Waals surface area contributed by atoms with Gasteiger partial charge in [0.1, 0.15) is 5.60 Å². The number of ketones is 1. The molecule has 0 saturated heterocycles. The topological polar surface area (TPSA) is 37.3 Å². The molecule has 2 unspecified atom stereocenters. The van der Waals surface area contributed by atoms with Crippen molar-refractivity contribution in [1.29, 1.82) is 0 Å². The van der Waals surface area contributed by atoms with Crippen LogP contribution in [0.4, 0.5) is 0 Å². The minimum Gasteiger partial charge on any atom is -0.381 e. The molecule has 1 N–H and O–H groups in total. The first-order valence-electron chi connectivity index (χ1n) is 4.64. The number of Topliss-reactive ketones (excluding diaryl/α,β-unsaturated/α-hetero) is 1. The zero-order valence-electron chi connectivity index (χ0n) is 7.12. The first-order chi connectivity index (χ1) is 5.73. The van der Waals surface area contributed by atoms with Crippen molar-refractivity contribution in [2.45, 2.75) is 37.7 Å². The molecule has 0 radical (unpaired) electrons. The summed E-state index contributed by atoms with van der Waals surface area (Å²) in [7, 11) is 0. The molecule has 0 aromatic carbocycles. The number of allylic oxidation sites excluding steroid dienone is 1. The molecule has 12 heavy (non-hydrogen) atoms. The van der Waals surface area contributed by atoms with Crippen LogP contribution in [-0.2, 0) is 4.79 Å². The summed E-state index contributed by atoms with van der Waals surface area (Å²) in [6, 6.07) is 0. The summed E-state index contributed by atoms with van der Waals surface area (Å²) in [5.74, 6) is 0.256. The van der Waals surface area contributed by atoms with Gasteiger partial charge in [-0.15, -0.1) is 0 Å². The summed E-state index contributed by atoms with van der Waals surface area (Å²) in [5, 5.41) is 10.1. The van der Waals surface area contributed by atoms with Crippen molar-refractivity contribution in [2.24, 2.45) is 5.92 Å². The molecule has 2 nitrogen and oxygen atoms in total. The average molecular weight is 166 g/mol. The lowest BCUT2D eigenvalue weighted by molar-refractivity contribution is -0.148. The summed E-state index contributed by atoms with van der Waals surface area (Å²) in [4.78, 5) is 11.5. The van der Waals surface area contributed by atoms with Crippen molar-refractivity contribution in [2.75, 3.05) is 0 Å². The molecule has 0 aromatic rings. The molecule has 0 aliphatic heterocycles. The van der Waals surface area contributed by atoms with Crippen LogP contribution in [0.15, 0.2) is 12.2 Å². The van der Waals surface area contributed by atoms with Gasteiger partial charge in [0.25, 0.3) is 0 Å². The Labute approximate surface area is 72.3 Å². The van der Waals surface area contributed by atoms with E-state index in [9.17, 15) is 9.90 Å². The Balaban J connectivity index is 2.27. The zero-order valence-corrected chi connectivity index (χ0v) is 7.12. The molecule has 66 valence electrons. The number of carbonyl (C=O) groups excluding carboxylic acids is 1. The van der Waals surface area contributed by atoms with Gasteiger partial charge in [-0.1, -0.05) is 12.2 Å². The third kappa shape index (κ3) is 1.02. The van der Waals surface area contributed by atoms with Crippen LogP contribution >= 0.6 is 0 Å². The predicted octanol–water partition coefficient (Wildman–Crippen LogP) is 1.44. The molecule has 0 spiro atoms. The second-order valence-electron chi connectivity index (χ2n) is 3.85. The monoisotopic (exact) mass is 166 g/mol. The Morgan fingerprint density at radius 3 is 3.08 bits per heavy atom. The first-order valence-corrected chi connectivity index (χ1v) is 4.64. The lowest BCUT2D eigenvalue weighted by Crippen LogP contribution is -2.49. The van der Waals surface area contributed by atoms with E-state index in [0.29, 0.717) is 12.8 Å². The highest BCUT2D eigenvalue weighted by molar-refractivity contribution is 5.88. The molecule has 2 aliphatic rings. The van der Waals surface area contributed by atoms with Gasteiger partial charge in [-0.25, -0.2) is 0 Å². The van der Waals surface area contributed by atoms with E-state index in [4.69, 9.17) is 0 Å². The van der Waals surface area contributed by atoms with E-state index in [-0.39, 0.29) is 11.7 Å². The van der Waals surface area contributed by atoms with E-state index in [2.05, 4.69) is 6.08 Å². The van der Waals surface area contributed by atoms with Gasteiger partial charge in [0, 0.05) is 12.8 Å². The van der Waals surface area contributed by atoms with E-state index in [1.165, 1.54) is 0 Å². The minimum absolute atomic E-state index is 0.0584. The fourth-order valence-corrected chi connectivity index (χ4v) is 2.31. The van der Waals surface area contributed by atoms with Crippen molar-refractivity contribution in [1.82, 2.24) is 0 Å². The van der Waals surface area contributed by atoms with Gasteiger partial charge in [-0.05, 0) is 25.2 Å². The fraction of sp³-hybridized carbons (Fsp3) is 0.700. The number of hydrogen-bond acceptors (Lipinski definition) is 2. The van der Waals surface area contributed by atoms with Crippen LogP contribution in [-0.4, -0.2) is 16.5 Å². The second-order valence-corrected chi connectivity index (χ2v) is 3.85. The number of rotatable bonds is 0. The standard InChI is InChI=1S/C10H14O2/c11-9-6-3-5-8-4-1-2-7-10(8,9)12/h1-2,8,12H,3-7H2. The van der Waals surface area contributed by atoms with Crippen molar-refractivity contribution in [3.05, 3.63) is 12.2 Å². The van der Waals surface area contributed by atoms with Crippen molar-refractivity contribution < 1.29 is 9.90 Å². The predicted molar refractivity (Wildman–Crippen MR) is 45.7 cm³/mol. The van der Waals surface area contributed by atoms with E-state index in [1.54, 1.807) is 0 Å². The molecule has 2 atom stereocenters. The Kier molecular flexibility index (Phi) is 1.80. The number of fused-ring (bicyclic) bond motifs is 1. The Morgan fingerprint density at radius 1 is 1.50 bits per heavy atom. The van der Waals surface area contributed by atoms with Crippen LogP contribution < -0.4 is 0 Å². The Morgan fingerprint density at radius 2 is 2.33 bits per heavy atom. The molecular formula is C10H14O2. The third-order valence-corrected chi connectivity index (χ3v) is 3.13. The molecule has 0 heterocycles. The highest BCUT2D eigenvalue weighted by Gasteiger charge is 2.45. The molecular weight excluding hydrogens is 152 g/mol. The van der Waals surface area contributed by atoms with Gasteiger partial charge in [0.05, 0.1) is 0 Å². The maximum absolute atomic E-state index is 11.5. The molecule has 0 aromatic heterocycles. The number of carbonyl (C=O) groups is 1. The average Bonchev–Trinajstić information content (AvgIpc) is 2.07. The maximum atomic E-state index is 11.5. The maximum Gasteiger partial charge on any atom is 0.164 e. The minimum atomic E-state index is -0.993. The molecule has 2 heteroatoms. The van der Waals surface area contributed by atoms with Gasteiger partial charge in [0.15, 0.2) is 5.78 Å². The van der Waals surface area contributed by atoms with Crippen LogP contribution in [0.5, 0.6) is 0 Å². The Bertz CT molecular complexity index is 232. The smallest absolute Gasteiger partial charge is 0.164 e. The van der Waals surface area contributed by atoms with E-state index >= 15 is 0 Å². The number of aliphatic hydroxyl groups is 1. The zero-order chi connectivity index (χ0) is 8.60. The summed E-state index contributed by atoms with van der Waals surface area (Å²) >= 11 is 0. The third-order valence-electron chi connectivity index (χ3n) is 3.13. The molecule has 2 rings (SSSR count). The number of hydrogen-bond donors (Lipinski definition) is 1. The highest BCUT2D eigenvalue weighted by Crippen LogP contribution is 2.38. The molecule has 0 amide bonds. The lowest BCUT2D eigenvalue weighted by Gasteiger charge is -2.39. The summed E-state index contributed by atoms with van der Waals surface area (Å²) < 4.78 is 0. The largest absolute Gasteiger partial charge is 0.381 e. The van der Waals surface area contributed by atoms with E-state index < -0.39 is 5.60 Å². The van der Waals surface area contributed by atoms with Gasteiger partial charge in [-0.3, -0.25) is 4.79 Å². The van der Waals surface area contributed by atoms with Crippen molar-refractivity contribution in [3.8, 4) is 0 Å². The molecule has 1 fully saturated rings. The van der Waals surface area contributed by atoms with E-state index in [1.807, 2.05) is 6.08 Å². The quantitative estimate of drug-likeness (QED) is 0.553. The van der Waals surface area contributed by atoms with Gasteiger partial charge in [-0.2, -0.15) is 0 Å². The SMILES string of the molecule is O=C1CCCC2CC=CCC12O. The first kappa shape index (κ1) is 7.99. The van der Waals surface area contributed by atoms with E-state index in [0.717, 1.165) is 19.3 Å². The van der Waals surface area contributed by atoms with Crippen LogP contribution in [0.25, 0.3) is 0 Å². The fourth-order valence-electron chi connectivity index (χ4n) is 2.31. The van der Waals surface area contributed by atoms with Crippen LogP contribution in [0.1, 0.15) is 32.1 Å². The van der Waals surface area contributed by atoms with Gasteiger partial charge in [0.2, 0.25) is 0 Å². The van der Waals surface area contributed by atoms with Crippen LogP contribution in [0, 0.1) is 5.92 Å². The summed E-state index contributed by atoms with van der Waals surface area (Å²) in [5.41, 5.74) is -0.993. The van der Waals surface area contributed by atoms with Crippen molar-refractivity contribution in [3.63, 3.8) is 0 Å². The van der Waals surface area contributed by atoms with Crippen LogP contribution in [0.2, 0.25) is 0 Å². The van der Waals surface area contributed by atoms with Crippen molar-refractivity contribution >= 4 is 5.78 Å². The molecule has 0 bridgehead atoms. The second kappa shape index (κ2) is 2.70. The molecule has 2 aliphatic carbocycles. The normalized spacial score (nSPS) is 41.1.